The molecular weight excluding hydrogens is 324 g/mol. The molecular formula is C18H22N2O5. The van der Waals surface area contributed by atoms with Crippen molar-refractivity contribution in [2.24, 2.45) is 0 Å². The average molecular weight is 346 g/mol. The van der Waals surface area contributed by atoms with Gasteiger partial charge >= 0.3 is 5.97 Å². The molecule has 0 radical (unpaired) electrons. The first-order chi connectivity index (χ1) is 12.0. The number of amides is 2. The number of ether oxygens (including phenoxy) is 1. The number of benzene rings is 1. The molecule has 7 nitrogen and oxygen atoms in total. The van der Waals surface area contributed by atoms with Crippen molar-refractivity contribution >= 4 is 17.8 Å². The van der Waals surface area contributed by atoms with E-state index in [0.29, 0.717) is 44.3 Å². The summed E-state index contributed by atoms with van der Waals surface area (Å²) in [5.41, 5.74) is 0.625. The Balaban J connectivity index is 1.46. The Morgan fingerprint density at radius 2 is 1.64 bits per heavy atom. The van der Waals surface area contributed by atoms with Crippen molar-refractivity contribution in [2.75, 3.05) is 13.1 Å². The molecule has 2 heterocycles. The van der Waals surface area contributed by atoms with Gasteiger partial charge in [0.1, 0.15) is 6.10 Å². The van der Waals surface area contributed by atoms with Crippen molar-refractivity contribution < 1.29 is 24.2 Å². The summed E-state index contributed by atoms with van der Waals surface area (Å²) in [7, 11) is 0. The number of carboxylic acids is 1. The van der Waals surface area contributed by atoms with Gasteiger partial charge in [-0.2, -0.15) is 0 Å². The molecule has 7 heteroatoms. The van der Waals surface area contributed by atoms with Gasteiger partial charge in [0.05, 0.1) is 0 Å². The Hall–Kier alpha value is -2.41. The minimum atomic E-state index is -1.02. The molecule has 0 saturated carbocycles. The third kappa shape index (κ3) is 4.17. The summed E-state index contributed by atoms with van der Waals surface area (Å²) < 4.78 is 5.33. The van der Waals surface area contributed by atoms with Gasteiger partial charge in [-0.25, -0.2) is 4.79 Å². The predicted octanol–water partition coefficient (Wildman–Crippen LogP) is 1.04. The van der Waals surface area contributed by atoms with E-state index < -0.39 is 18.2 Å². The number of hydrogen-bond acceptors (Lipinski definition) is 4. The minimum absolute atomic E-state index is 0.0352. The van der Waals surface area contributed by atoms with Crippen molar-refractivity contribution in [3.63, 3.8) is 0 Å². The zero-order valence-corrected chi connectivity index (χ0v) is 13.9. The number of rotatable bonds is 4. The molecule has 2 N–H and O–H groups in total. The Morgan fingerprint density at radius 3 is 2.24 bits per heavy atom. The molecule has 1 aromatic carbocycles. The summed E-state index contributed by atoms with van der Waals surface area (Å²) in [6, 6.07) is 9.08. The van der Waals surface area contributed by atoms with Crippen LogP contribution in [0.2, 0.25) is 0 Å². The van der Waals surface area contributed by atoms with E-state index in [0.717, 1.165) is 0 Å². The summed E-state index contributed by atoms with van der Waals surface area (Å²) in [4.78, 5) is 37.2. The summed E-state index contributed by atoms with van der Waals surface area (Å²) in [6.07, 6.45) is 0.641. The number of nitrogens with zero attached hydrogens (tertiary/aromatic N) is 1. The highest BCUT2D eigenvalue weighted by molar-refractivity contribution is 5.94. The lowest BCUT2D eigenvalue weighted by atomic mass is 10.0. The molecule has 25 heavy (non-hydrogen) atoms. The standard InChI is InChI=1S/C18H22N2O5/c21-16(12-4-2-1-3-5-12)19-13-8-10-20(11-9-13)17(22)14-6-7-15(25-14)18(23)24/h1-5,13-15H,6-11H2,(H,19,21)(H,23,24)/t14-,15+/m0/s1. The van der Waals surface area contributed by atoms with Crippen LogP contribution < -0.4 is 5.32 Å². The molecule has 3 rings (SSSR count). The van der Waals surface area contributed by atoms with Gasteiger partial charge < -0.3 is 20.1 Å². The zero-order valence-electron chi connectivity index (χ0n) is 13.9. The van der Waals surface area contributed by atoms with Crippen molar-refractivity contribution in [3.8, 4) is 0 Å². The lowest BCUT2D eigenvalue weighted by Gasteiger charge is -2.33. The van der Waals surface area contributed by atoms with E-state index in [9.17, 15) is 14.4 Å². The number of carbonyl (C=O) groups excluding carboxylic acids is 2. The monoisotopic (exact) mass is 346 g/mol. The summed E-state index contributed by atoms with van der Waals surface area (Å²) in [5.74, 6) is -1.26. The highest BCUT2D eigenvalue weighted by atomic mass is 16.5. The largest absolute Gasteiger partial charge is 0.479 e. The maximum absolute atomic E-state index is 12.4. The first kappa shape index (κ1) is 17.4. The number of hydrogen-bond donors (Lipinski definition) is 2. The molecule has 0 aromatic heterocycles. The first-order valence-electron chi connectivity index (χ1n) is 8.57. The van der Waals surface area contributed by atoms with Gasteiger partial charge in [-0.05, 0) is 37.8 Å². The smallest absolute Gasteiger partial charge is 0.332 e. The van der Waals surface area contributed by atoms with E-state index in [4.69, 9.17) is 9.84 Å². The van der Waals surface area contributed by atoms with E-state index >= 15 is 0 Å². The fourth-order valence-electron chi connectivity index (χ4n) is 3.31. The van der Waals surface area contributed by atoms with Gasteiger partial charge in [0.2, 0.25) is 0 Å². The summed E-state index contributed by atoms with van der Waals surface area (Å²) in [5, 5.41) is 11.9. The fourth-order valence-corrected chi connectivity index (χ4v) is 3.31. The van der Waals surface area contributed by atoms with Crippen molar-refractivity contribution in [1.82, 2.24) is 10.2 Å². The topological polar surface area (TPSA) is 95.9 Å². The number of aliphatic carboxylic acids is 1. The van der Waals surface area contributed by atoms with Crippen LogP contribution in [0.4, 0.5) is 0 Å². The molecule has 1 aromatic rings. The summed E-state index contributed by atoms with van der Waals surface area (Å²) in [6.45, 7) is 1.08. The van der Waals surface area contributed by atoms with Crippen LogP contribution >= 0.6 is 0 Å². The van der Waals surface area contributed by atoms with Crippen molar-refractivity contribution in [3.05, 3.63) is 35.9 Å². The number of likely N-dealkylation sites (tertiary alicyclic amines) is 1. The van der Waals surface area contributed by atoms with E-state index in [1.165, 1.54) is 0 Å². The first-order valence-corrected chi connectivity index (χ1v) is 8.57. The van der Waals surface area contributed by atoms with E-state index in [-0.39, 0.29) is 17.9 Å². The van der Waals surface area contributed by atoms with E-state index in [1.54, 1.807) is 17.0 Å². The van der Waals surface area contributed by atoms with Crippen LogP contribution in [0.15, 0.2) is 30.3 Å². The Labute approximate surface area is 146 Å². The zero-order chi connectivity index (χ0) is 17.8. The quantitative estimate of drug-likeness (QED) is 0.849. The second kappa shape index (κ2) is 7.65. The van der Waals surface area contributed by atoms with Gasteiger partial charge in [-0.15, -0.1) is 0 Å². The van der Waals surface area contributed by atoms with Crippen LogP contribution in [0.5, 0.6) is 0 Å². The maximum atomic E-state index is 12.4. The van der Waals surface area contributed by atoms with Gasteiger partial charge in [0.25, 0.3) is 11.8 Å². The predicted molar refractivity (Wildman–Crippen MR) is 89.0 cm³/mol. The molecule has 0 unspecified atom stereocenters. The van der Waals surface area contributed by atoms with E-state index in [2.05, 4.69) is 5.32 Å². The maximum Gasteiger partial charge on any atom is 0.332 e. The molecule has 2 saturated heterocycles. The van der Waals surface area contributed by atoms with Crippen LogP contribution in [-0.4, -0.2) is 59.1 Å². The lowest BCUT2D eigenvalue weighted by molar-refractivity contribution is -0.155. The molecule has 134 valence electrons. The molecule has 0 bridgehead atoms. The van der Waals surface area contributed by atoms with Gasteiger partial charge in [0, 0.05) is 24.7 Å². The van der Waals surface area contributed by atoms with Crippen molar-refractivity contribution in [2.45, 2.75) is 43.9 Å². The number of nitrogens with one attached hydrogen (secondary N) is 1. The third-order valence-corrected chi connectivity index (χ3v) is 4.75. The van der Waals surface area contributed by atoms with Crippen LogP contribution in [0.25, 0.3) is 0 Å². The Morgan fingerprint density at radius 1 is 1.00 bits per heavy atom. The second-order valence-corrected chi connectivity index (χ2v) is 6.47. The Kier molecular flexibility index (Phi) is 5.33. The number of piperidine rings is 1. The fraction of sp³-hybridized carbons (Fsp3) is 0.500. The number of carboxylic acid groups (broad SMARTS) is 1. The SMILES string of the molecule is O=C(NC1CCN(C(=O)[C@@H]2CC[C@H](C(=O)O)O2)CC1)c1ccccc1. The second-order valence-electron chi connectivity index (χ2n) is 6.47. The van der Waals surface area contributed by atoms with Crippen LogP contribution in [-0.2, 0) is 14.3 Å². The molecule has 2 aliphatic heterocycles. The van der Waals surface area contributed by atoms with Crippen molar-refractivity contribution in [1.29, 1.82) is 0 Å². The molecule has 2 fully saturated rings. The summed E-state index contributed by atoms with van der Waals surface area (Å²) >= 11 is 0. The highest BCUT2D eigenvalue weighted by Crippen LogP contribution is 2.23. The highest BCUT2D eigenvalue weighted by Gasteiger charge is 2.37. The van der Waals surface area contributed by atoms with Gasteiger partial charge in [-0.3, -0.25) is 9.59 Å². The van der Waals surface area contributed by atoms with Gasteiger partial charge in [0.15, 0.2) is 6.10 Å². The minimum Gasteiger partial charge on any atom is -0.479 e. The van der Waals surface area contributed by atoms with Crippen LogP contribution in [0.1, 0.15) is 36.0 Å². The van der Waals surface area contributed by atoms with E-state index in [1.807, 2.05) is 18.2 Å². The molecule has 0 aliphatic carbocycles. The average Bonchev–Trinajstić information content (AvgIpc) is 3.13. The molecule has 0 spiro atoms. The molecule has 2 aliphatic rings. The third-order valence-electron chi connectivity index (χ3n) is 4.75. The van der Waals surface area contributed by atoms with Crippen LogP contribution in [0, 0.1) is 0 Å². The molecule has 2 atom stereocenters. The lowest BCUT2D eigenvalue weighted by Crippen LogP contribution is -2.49. The van der Waals surface area contributed by atoms with Gasteiger partial charge in [-0.1, -0.05) is 18.2 Å². The molecule has 2 amide bonds. The van der Waals surface area contributed by atoms with Crippen LogP contribution in [0.3, 0.4) is 0 Å². The normalized spacial score (nSPS) is 24.1. The number of carbonyl (C=O) groups is 3. The Bertz CT molecular complexity index is 640.